The van der Waals surface area contributed by atoms with E-state index >= 15 is 0 Å². The standard InChI is InChI=1S/C22H27BrN2O2S/c1-3-24-22(27)17(2)25(15-19-10-7-11-20(23)14-19)21(26)12-13-28-16-18-8-5-4-6-9-18/h4-11,14,17H,3,12-13,15-16H2,1-2H3,(H,24,27). The van der Waals surface area contributed by atoms with E-state index in [0.717, 1.165) is 21.5 Å². The Balaban J connectivity index is 1.98. The number of carbonyl (C=O) groups excluding carboxylic acids is 2. The van der Waals surface area contributed by atoms with Crippen LogP contribution in [0.3, 0.4) is 0 Å². The Bertz CT molecular complexity index is 770. The van der Waals surface area contributed by atoms with Gasteiger partial charge in [-0.25, -0.2) is 0 Å². The summed E-state index contributed by atoms with van der Waals surface area (Å²) in [5.41, 5.74) is 2.25. The molecule has 1 unspecified atom stereocenters. The van der Waals surface area contributed by atoms with Crippen molar-refractivity contribution in [3.8, 4) is 0 Å². The first-order valence-corrected chi connectivity index (χ1v) is 11.4. The second-order valence-corrected chi connectivity index (χ2v) is 8.53. The molecule has 150 valence electrons. The molecule has 4 nitrogen and oxygen atoms in total. The highest BCUT2D eigenvalue weighted by Crippen LogP contribution is 2.18. The molecule has 1 N–H and O–H groups in total. The summed E-state index contributed by atoms with van der Waals surface area (Å²) in [6.45, 7) is 4.64. The van der Waals surface area contributed by atoms with Crippen molar-refractivity contribution < 1.29 is 9.59 Å². The van der Waals surface area contributed by atoms with Crippen LogP contribution in [-0.2, 0) is 21.9 Å². The van der Waals surface area contributed by atoms with Gasteiger partial charge in [0.15, 0.2) is 0 Å². The Morgan fingerprint density at radius 3 is 2.50 bits per heavy atom. The molecule has 0 saturated heterocycles. The highest BCUT2D eigenvalue weighted by molar-refractivity contribution is 9.10. The predicted molar refractivity (Wildman–Crippen MR) is 120 cm³/mol. The van der Waals surface area contributed by atoms with Crippen LogP contribution >= 0.6 is 27.7 Å². The Kier molecular flexibility index (Phi) is 9.58. The number of thioether (sulfide) groups is 1. The molecule has 0 aromatic heterocycles. The van der Waals surface area contributed by atoms with Crippen molar-refractivity contribution in [2.75, 3.05) is 12.3 Å². The molecule has 0 spiro atoms. The largest absolute Gasteiger partial charge is 0.355 e. The molecule has 2 rings (SSSR count). The van der Waals surface area contributed by atoms with Gasteiger partial charge in [0.05, 0.1) is 0 Å². The number of halogens is 1. The second kappa shape index (κ2) is 11.9. The molecule has 0 fully saturated rings. The van der Waals surface area contributed by atoms with E-state index in [1.807, 2.05) is 49.4 Å². The van der Waals surface area contributed by atoms with Crippen LogP contribution in [0.1, 0.15) is 31.4 Å². The van der Waals surface area contributed by atoms with Gasteiger partial charge in [-0.3, -0.25) is 9.59 Å². The van der Waals surface area contributed by atoms with E-state index in [-0.39, 0.29) is 11.8 Å². The van der Waals surface area contributed by atoms with Crippen molar-refractivity contribution in [1.82, 2.24) is 10.2 Å². The maximum absolute atomic E-state index is 12.9. The quantitative estimate of drug-likeness (QED) is 0.523. The van der Waals surface area contributed by atoms with E-state index in [1.54, 1.807) is 23.6 Å². The van der Waals surface area contributed by atoms with Crippen LogP contribution in [0.25, 0.3) is 0 Å². The molecule has 0 heterocycles. The number of hydrogen-bond acceptors (Lipinski definition) is 3. The summed E-state index contributed by atoms with van der Waals surface area (Å²) in [5.74, 6) is 1.48. The summed E-state index contributed by atoms with van der Waals surface area (Å²) in [4.78, 5) is 26.9. The maximum atomic E-state index is 12.9. The first-order chi connectivity index (χ1) is 13.5. The topological polar surface area (TPSA) is 49.4 Å². The smallest absolute Gasteiger partial charge is 0.242 e. The van der Waals surface area contributed by atoms with Crippen LogP contribution in [-0.4, -0.2) is 35.1 Å². The molecule has 1 atom stereocenters. The third kappa shape index (κ3) is 7.32. The van der Waals surface area contributed by atoms with Crippen LogP contribution in [0.4, 0.5) is 0 Å². The fourth-order valence-electron chi connectivity index (χ4n) is 2.80. The lowest BCUT2D eigenvalue weighted by molar-refractivity contribution is -0.140. The normalized spacial score (nSPS) is 11.7. The van der Waals surface area contributed by atoms with Gasteiger partial charge < -0.3 is 10.2 Å². The van der Waals surface area contributed by atoms with Gasteiger partial charge in [-0.2, -0.15) is 11.8 Å². The molecule has 2 amide bonds. The molecule has 0 aliphatic carbocycles. The molecule has 2 aromatic rings. The van der Waals surface area contributed by atoms with Crippen molar-refractivity contribution in [3.05, 3.63) is 70.2 Å². The summed E-state index contributed by atoms with van der Waals surface area (Å²) in [6, 6.07) is 17.6. The molecule has 0 aliphatic heterocycles. The fourth-order valence-corrected chi connectivity index (χ4v) is 4.14. The monoisotopic (exact) mass is 462 g/mol. The van der Waals surface area contributed by atoms with E-state index in [9.17, 15) is 9.59 Å². The molecule has 0 radical (unpaired) electrons. The minimum Gasteiger partial charge on any atom is -0.355 e. The molecular weight excluding hydrogens is 436 g/mol. The molecule has 2 aromatic carbocycles. The lowest BCUT2D eigenvalue weighted by Crippen LogP contribution is -2.47. The zero-order valence-electron chi connectivity index (χ0n) is 16.4. The molecule has 6 heteroatoms. The lowest BCUT2D eigenvalue weighted by atomic mass is 10.1. The lowest BCUT2D eigenvalue weighted by Gasteiger charge is -2.28. The van der Waals surface area contributed by atoms with E-state index in [1.165, 1.54) is 5.56 Å². The van der Waals surface area contributed by atoms with E-state index < -0.39 is 6.04 Å². The molecule has 28 heavy (non-hydrogen) atoms. The maximum Gasteiger partial charge on any atom is 0.242 e. The molecule has 0 saturated carbocycles. The average molecular weight is 463 g/mol. The van der Waals surface area contributed by atoms with Crippen molar-refractivity contribution in [2.24, 2.45) is 0 Å². The van der Waals surface area contributed by atoms with Crippen LogP contribution in [0, 0.1) is 0 Å². The minimum atomic E-state index is -0.509. The molecule has 0 bridgehead atoms. The van der Waals surface area contributed by atoms with Gasteiger partial charge in [-0.05, 0) is 37.1 Å². The van der Waals surface area contributed by atoms with E-state index in [0.29, 0.717) is 19.5 Å². The number of nitrogens with one attached hydrogen (secondary N) is 1. The summed E-state index contributed by atoms with van der Waals surface area (Å²) in [7, 11) is 0. The highest BCUT2D eigenvalue weighted by Gasteiger charge is 2.25. The van der Waals surface area contributed by atoms with Crippen LogP contribution in [0.2, 0.25) is 0 Å². The second-order valence-electron chi connectivity index (χ2n) is 6.51. The SMILES string of the molecule is CCNC(=O)C(C)N(Cc1cccc(Br)c1)C(=O)CCSCc1ccccc1. The first kappa shape index (κ1) is 22.5. The zero-order chi connectivity index (χ0) is 20.4. The average Bonchev–Trinajstić information content (AvgIpc) is 2.70. The third-order valence-corrected chi connectivity index (χ3v) is 5.86. The number of hydrogen-bond donors (Lipinski definition) is 1. The summed E-state index contributed by atoms with van der Waals surface area (Å²) in [5, 5.41) is 2.82. The van der Waals surface area contributed by atoms with Gasteiger partial charge in [0, 0.05) is 35.5 Å². The van der Waals surface area contributed by atoms with Gasteiger partial charge in [0.25, 0.3) is 0 Å². The number of rotatable bonds is 10. The Morgan fingerprint density at radius 2 is 1.82 bits per heavy atom. The number of benzene rings is 2. The molecule has 0 aliphatic rings. The van der Waals surface area contributed by atoms with E-state index in [4.69, 9.17) is 0 Å². The summed E-state index contributed by atoms with van der Waals surface area (Å²) < 4.78 is 0.960. The van der Waals surface area contributed by atoms with Gasteiger partial charge in [-0.15, -0.1) is 0 Å². The van der Waals surface area contributed by atoms with Gasteiger partial charge in [-0.1, -0.05) is 58.4 Å². The van der Waals surface area contributed by atoms with Gasteiger partial charge >= 0.3 is 0 Å². The Labute approximate surface area is 180 Å². The van der Waals surface area contributed by atoms with Crippen molar-refractivity contribution >= 4 is 39.5 Å². The number of likely N-dealkylation sites (N-methyl/N-ethyl adjacent to an activating group) is 1. The first-order valence-electron chi connectivity index (χ1n) is 9.44. The third-order valence-electron chi connectivity index (χ3n) is 4.33. The Morgan fingerprint density at radius 1 is 1.11 bits per heavy atom. The van der Waals surface area contributed by atoms with Crippen LogP contribution in [0.5, 0.6) is 0 Å². The minimum absolute atomic E-state index is 0.000657. The number of amides is 2. The number of carbonyl (C=O) groups is 2. The summed E-state index contributed by atoms with van der Waals surface area (Å²) in [6.07, 6.45) is 0.412. The fraction of sp³-hybridized carbons (Fsp3) is 0.364. The Hall–Kier alpha value is -1.79. The van der Waals surface area contributed by atoms with Crippen molar-refractivity contribution in [3.63, 3.8) is 0 Å². The van der Waals surface area contributed by atoms with Crippen LogP contribution < -0.4 is 5.32 Å². The molecular formula is C22H27BrN2O2S. The summed E-state index contributed by atoms with van der Waals surface area (Å²) >= 11 is 5.20. The number of nitrogens with zero attached hydrogens (tertiary/aromatic N) is 1. The van der Waals surface area contributed by atoms with Gasteiger partial charge in [0.1, 0.15) is 6.04 Å². The van der Waals surface area contributed by atoms with Crippen molar-refractivity contribution in [1.29, 1.82) is 0 Å². The van der Waals surface area contributed by atoms with E-state index in [2.05, 4.69) is 33.4 Å². The predicted octanol–water partition coefficient (Wildman–Crippen LogP) is 4.63. The van der Waals surface area contributed by atoms with Crippen LogP contribution in [0.15, 0.2) is 59.1 Å². The zero-order valence-corrected chi connectivity index (χ0v) is 18.8. The van der Waals surface area contributed by atoms with Crippen molar-refractivity contribution in [2.45, 2.75) is 38.6 Å². The highest BCUT2D eigenvalue weighted by atomic mass is 79.9. The van der Waals surface area contributed by atoms with Gasteiger partial charge in [0.2, 0.25) is 11.8 Å².